The third kappa shape index (κ3) is 3.26. The summed E-state index contributed by atoms with van der Waals surface area (Å²) < 4.78 is 12.0. The van der Waals surface area contributed by atoms with E-state index in [0.29, 0.717) is 0 Å². The van der Waals surface area contributed by atoms with Crippen molar-refractivity contribution in [3.63, 3.8) is 0 Å². The molecule has 1 aromatic carbocycles. The molecular weight excluding hydrogens is 256 g/mol. The number of hydrogen-bond donors (Lipinski definition) is 1. The van der Waals surface area contributed by atoms with Crippen molar-refractivity contribution >= 4 is 10.8 Å². The highest BCUT2D eigenvalue weighted by atomic mass is 32.2. The second-order valence-electron chi connectivity index (χ2n) is 6.20. The van der Waals surface area contributed by atoms with Crippen LogP contribution in [0.2, 0.25) is 0 Å². The lowest BCUT2D eigenvalue weighted by Crippen LogP contribution is -2.27. The molecule has 0 saturated carbocycles. The molecule has 1 atom stereocenters. The molecular formula is C16H20O2S. The van der Waals surface area contributed by atoms with E-state index >= 15 is 0 Å². The fourth-order valence-corrected chi connectivity index (χ4v) is 3.87. The van der Waals surface area contributed by atoms with E-state index in [9.17, 15) is 9.32 Å². The minimum Gasteiger partial charge on any atom is -0.378 e. The van der Waals surface area contributed by atoms with Gasteiger partial charge in [-0.25, -0.2) is 0 Å². The van der Waals surface area contributed by atoms with Crippen LogP contribution in [0, 0.1) is 11.8 Å². The van der Waals surface area contributed by atoms with Gasteiger partial charge in [-0.1, -0.05) is 25.7 Å². The zero-order valence-electron chi connectivity index (χ0n) is 11.9. The zero-order chi connectivity index (χ0) is 14.3. The summed E-state index contributed by atoms with van der Waals surface area (Å²) in [5.74, 6) is 6.53. The molecule has 1 N–H and O–H groups in total. The van der Waals surface area contributed by atoms with E-state index in [1.54, 1.807) is 13.8 Å². The van der Waals surface area contributed by atoms with Gasteiger partial charge in [0.15, 0.2) is 0 Å². The Morgan fingerprint density at radius 2 is 2.05 bits per heavy atom. The van der Waals surface area contributed by atoms with Crippen LogP contribution < -0.4 is 0 Å². The summed E-state index contributed by atoms with van der Waals surface area (Å²) >= 11 is 0. The van der Waals surface area contributed by atoms with Gasteiger partial charge in [-0.2, -0.15) is 0 Å². The van der Waals surface area contributed by atoms with Crippen molar-refractivity contribution in [2.24, 2.45) is 0 Å². The normalized spacial score (nSPS) is 21.2. The molecule has 3 heteroatoms. The molecule has 0 bridgehead atoms. The molecule has 0 unspecified atom stereocenters. The predicted molar refractivity (Wildman–Crippen MR) is 78.5 cm³/mol. The zero-order valence-corrected chi connectivity index (χ0v) is 12.7. The Morgan fingerprint density at radius 1 is 1.37 bits per heavy atom. The SMILES string of the molecule is CC(C)(O)C#Cc1ccc2c(c1)C(C)(C)CC[S@@]2=O. The fourth-order valence-electron chi connectivity index (χ4n) is 2.15. The van der Waals surface area contributed by atoms with Gasteiger partial charge >= 0.3 is 0 Å². The van der Waals surface area contributed by atoms with E-state index in [1.165, 1.54) is 0 Å². The van der Waals surface area contributed by atoms with Crippen LogP contribution in [0.25, 0.3) is 0 Å². The molecule has 0 saturated heterocycles. The topological polar surface area (TPSA) is 37.3 Å². The lowest BCUT2D eigenvalue weighted by atomic mass is 9.81. The van der Waals surface area contributed by atoms with Crippen molar-refractivity contribution in [1.29, 1.82) is 0 Å². The Bertz CT molecular complexity index is 583. The van der Waals surface area contributed by atoms with Gasteiger partial charge in [0.2, 0.25) is 0 Å². The van der Waals surface area contributed by atoms with Crippen LogP contribution in [0.1, 0.15) is 45.2 Å². The van der Waals surface area contributed by atoms with Crippen LogP contribution in [0.3, 0.4) is 0 Å². The summed E-state index contributed by atoms with van der Waals surface area (Å²) in [5.41, 5.74) is 1.04. The Hall–Kier alpha value is -1.11. The first-order valence-electron chi connectivity index (χ1n) is 6.47. The second-order valence-corrected chi connectivity index (χ2v) is 7.74. The van der Waals surface area contributed by atoms with E-state index in [1.807, 2.05) is 18.2 Å². The third-order valence-electron chi connectivity index (χ3n) is 3.38. The van der Waals surface area contributed by atoms with Gasteiger partial charge in [0.05, 0.1) is 10.8 Å². The van der Waals surface area contributed by atoms with Crippen molar-refractivity contribution in [1.82, 2.24) is 0 Å². The molecule has 2 rings (SSSR count). The molecule has 0 aromatic heterocycles. The highest BCUT2D eigenvalue weighted by Gasteiger charge is 2.31. The quantitative estimate of drug-likeness (QED) is 0.740. The molecule has 1 aromatic rings. The first kappa shape index (κ1) is 14.3. The number of fused-ring (bicyclic) bond motifs is 1. The third-order valence-corrected chi connectivity index (χ3v) is 4.80. The van der Waals surface area contributed by atoms with E-state index in [2.05, 4.69) is 25.7 Å². The Balaban J connectivity index is 2.47. The van der Waals surface area contributed by atoms with Crippen LogP contribution in [-0.2, 0) is 16.2 Å². The molecule has 0 radical (unpaired) electrons. The maximum atomic E-state index is 12.0. The molecule has 102 valence electrons. The number of benzene rings is 1. The minimum absolute atomic E-state index is 0.0374. The van der Waals surface area contributed by atoms with Crippen LogP contribution in [0.15, 0.2) is 23.1 Å². The van der Waals surface area contributed by atoms with Crippen molar-refractivity contribution in [2.75, 3.05) is 5.75 Å². The largest absolute Gasteiger partial charge is 0.378 e. The van der Waals surface area contributed by atoms with Gasteiger partial charge in [0.1, 0.15) is 5.60 Å². The van der Waals surface area contributed by atoms with Crippen LogP contribution in [0.4, 0.5) is 0 Å². The van der Waals surface area contributed by atoms with E-state index < -0.39 is 16.4 Å². The van der Waals surface area contributed by atoms with E-state index in [0.717, 1.165) is 28.2 Å². The van der Waals surface area contributed by atoms with Gasteiger partial charge < -0.3 is 5.11 Å². The molecule has 1 aliphatic rings. The monoisotopic (exact) mass is 276 g/mol. The van der Waals surface area contributed by atoms with Crippen LogP contribution >= 0.6 is 0 Å². The maximum Gasteiger partial charge on any atom is 0.120 e. The van der Waals surface area contributed by atoms with E-state index in [4.69, 9.17) is 0 Å². The molecule has 0 amide bonds. The summed E-state index contributed by atoms with van der Waals surface area (Å²) in [4.78, 5) is 0.935. The lowest BCUT2D eigenvalue weighted by molar-refractivity contribution is 0.143. The lowest BCUT2D eigenvalue weighted by Gasteiger charge is -2.31. The average molecular weight is 276 g/mol. The Morgan fingerprint density at radius 3 is 2.68 bits per heavy atom. The molecule has 1 heterocycles. The van der Waals surface area contributed by atoms with Crippen molar-refractivity contribution in [3.8, 4) is 11.8 Å². The summed E-state index contributed by atoms with van der Waals surface area (Å²) in [6.07, 6.45) is 0.926. The predicted octanol–water partition coefficient (Wildman–Crippen LogP) is 2.60. The summed E-state index contributed by atoms with van der Waals surface area (Å²) in [6.45, 7) is 7.68. The Kier molecular flexibility index (Phi) is 3.59. The van der Waals surface area contributed by atoms with E-state index in [-0.39, 0.29) is 5.41 Å². The molecule has 0 fully saturated rings. The first-order valence-corrected chi connectivity index (χ1v) is 7.79. The maximum absolute atomic E-state index is 12.0. The van der Waals surface area contributed by atoms with Gasteiger partial charge in [-0.15, -0.1) is 0 Å². The van der Waals surface area contributed by atoms with Gasteiger partial charge in [0, 0.05) is 16.2 Å². The molecule has 1 aliphatic heterocycles. The molecule has 2 nitrogen and oxygen atoms in total. The first-order chi connectivity index (χ1) is 8.69. The smallest absolute Gasteiger partial charge is 0.120 e. The van der Waals surface area contributed by atoms with Crippen molar-refractivity contribution in [3.05, 3.63) is 29.3 Å². The van der Waals surface area contributed by atoms with Crippen LogP contribution in [0.5, 0.6) is 0 Å². The second kappa shape index (κ2) is 4.77. The van der Waals surface area contributed by atoms with Crippen molar-refractivity contribution < 1.29 is 9.32 Å². The number of rotatable bonds is 0. The number of hydrogen-bond acceptors (Lipinski definition) is 2. The van der Waals surface area contributed by atoms with Crippen molar-refractivity contribution in [2.45, 2.75) is 50.0 Å². The van der Waals surface area contributed by atoms with Crippen LogP contribution in [-0.4, -0.2) is 20.7 Å². The Labute approximate surface area is 117 Å². The molecule has 0 aliphatic carbocycles. The van der Waals surface area contributed by atoms with Gasteiger partial charge in [-0.05, 0) is 49.4 Å². The summed E-state index contributed by atoms with van der Waals surface area (Å²) in [7, 11) is -0.889. The van der Waals surface area contributed by atoms with Gasteiger partial charge in [-0.3, -0.25) is 4.21 Å². The van der Waals surface area contributed by atoms with Gasteiger partial charge in [0.25, 0.3) is 0 Å². The minimum atomic E-state index is -0.992. The standard InChI is InChI=1S/C16H20O2S/c1-15(2)9-10-19(18)14-6-5-12(11-13(14)15)7-8-16(3,4)17/h5-6,11,17H,9-10H2,1-4H3/t19-/m0/s1. The summed E-state index contributed by atoms with van der Waals surface area (Å²) in [5, 5.41) is 9.64. The molecule has 19 heavy (non-hydrogen) atoms. The fraction of sp³-hybridized carbons (Fsp3) is 0.500. The molecule has 0 spiro atoms. The number of aliphatic hydroxyl groups is 1. The highest BCUT2D eigenvalue weighted by molar-refractivity contribution is 7.85. The summed E-state index contributed by atoms with van der Waals surface area (Å²) in [6, 6.07) is 5.82. The highest BCUT2D eigenvalue weighted by Crippen LogP contribution is 2.37. The average Bonchev–Trinajstić information content (AvgIpc) is 2.31.